The van der Waals surface area contributed by atoms with Crippen LogP contribution in [0.3, 0.4) is 0 Å². The summed E-state index contributed by atoms with van der Waals surface area (Å²) in [5.41, 5.74) is 3.37. The second-order valence-electron chi connectivity index (χ2n) is 6.57. The van der Waals surface area contributed by atoms with Crippen molar-refractivity contribution in [3.05, 3.63) is 29.6 Å². The van der Waals surface area contributed by atoms with E-state index in [0.29, 0.717) is 17.3 Å². The maximum absolute atomic E-state index is 4.67. The van der Waals surface area contributed by atoms with Gasteiger partial charge in [0.25, 0.3) is 0 Å². The van der Waals surface area contributed by atoms with E-state index in [2.05, 4.69) is 44.8 Å². The van der Waals surface area contributed by atoms with Crippen molar-refractivity contribution in [2.45, 2.75) is 65.2 Å². The molecule has 0 bridgehead atoms. The lowest BCUT2D eigenvalue weighted by Crippen LogP contribution is -2.21. The number of nitrogens with zero attached hydrogens (tertiary/aromatic N) is 1. The fourth-order valence-corrected chi connectivity index (χ4v) is 2.93. The van der Waals surface area contributed by atoms with Crippen LogP contribution in [0.4, 0.5) is 0 Å². The Morgan fingerprint density at radius 1 is 1.24 bits per heavy atom. The molecule has 0 saturated heterocycles. The molecule has 0 atom stereocenters. The highest BCUT2D eigenvalue weighted by Gasteiger charge is 2.29. The molecule has 1 aromatic rings. The number of aromatic nitrogens is 1. The molecule has 0 amide bonds. The molecule has 1 heterocycles. The van der Waals surface area contributed by atoms with Gasteiger partial charge in [-0.2, -0.15) is 0 Å². The monoisotopic (exact) mass is 231 g/mol. The molecule has 0 aromatic carbocycles. The van der Waals surface area contributed by atoms with Crippen LogP contribution in [0.2, 0.25) is 0 Å². The maximum Gasteiger partial charge on any atom is 0.0469 e. The van der Waals surface area contributed by atoms with E-state index in [0.717, 1.165) is 0 Å². The van der Waals surface area contributed by atoms with Gasteiger partial charge >= 0.3 is 0 Å². The predicted octanol–water partition coefficient (Wildman–Crippen LogP) is 4.89. The molecule has 0 unspecified atom stereocenters. The predicted molar refractivity (Wildman–Crippen MR) is 73.3 cm³/mol. The van der Waals surface area contributed by atoms with E-state index in [1.165, 1.54) is 36.9 Å². The molecule has 1 aliphatic rings. The van der Waals surface area contributed by atoms with Crippen molar-refractivity contribution < 1.29 is 0 Å². The Morgan fingerprint density at radius 2 is 1.88 bits per heavy atom. The van der Waals surface area contributed by atoms with Crippen molar-refractivity contribution in [2.75, 3.05) is 0 Å². The number of pyridine rings is 1. The van der Waals surface area contributed by atoms with Crippen LogP contribution in [0.5, 0.6) is 0 Å². The van der Waals surface area contributed by atoms with E-state index in [-0.39, 0.29) is 0 Å². The van der Waals surface area contributed by atoms with Crippen molar-refractivity contribution in [3.8, 4) is 0 Å². The second kappa shape index (κ2) is 4.80. The number of hydrogen-bond acceptors (Lipinski definition) is 1. The minimum absolute atomic E-state index is 0.545. The van der Waals surface area contributed by atoms with Gasteiger partial charge in [0.15, 0.2) is 0 Å². The lowest BCUT2D eigenvalue weighted by Gasteiger charge is -2.34. The Balaban J connectivity index is 2.18. The molecule has 1 nitrogen and oxygen atoms in total. The van der Waals surface area contributed by atoms with E-state index in [4.69, 9.17) is 0 Å². The SMILES string of the molecule is CC(C)c1cccnc1C1CCC(C)(C)CC1. The Hall–Kier alpha value is -0.850. The lowest BCUT2D eigenvalue weighted by atomic mass is 9.71. The van der Waals surface area contributed by atoms with Gasteiger partial charge in [0, 0.05) is 17.8 Å². The number of hydrogen-bond donors (Lipinski definition) is 0. The van der Waals surface area contributed by atoms with Crippen LogP contribution >= 0.6 is 0 Å². The molecule has 0 spiro atoms. The zero-order valence-corrected chi connectivity index (χ0v) is 11.7. The fraction of sp³-hybridized carbons (Fsp3) is 0.688. The van der Waals surface area contributed by atoms with Gasteiger partial charge in [0.05, 0.1) is 0 Å². The standard InChI is InChI=1S/C16H25N/c1-12(2)14-6-5-11-17-15(14)13-7-9-16(3,4)10-8-13/h5-6,11-13H,7-10H2,1-4H3. The maximum atomic E-state index is 4.67. The van der Waals surface area contributed by atoms with Gasteiger partial charge in [0.1, 0.15) is 0 Å². The molecular weight excluding hydrogens is 206 g/mol. The molecule has 1 heteroatoms. The summed E-state index contributed by atoms with van der Waals surface area (Å²) in [5, 5.41) is 0. The minimum Gasteiger partial charge on any atom is -0.261 e. The third-order valence-corrected chi connectivity index (χ3v) is 4.22. The largest absolute Gasteiger partial charge is 0.261 e. The van der Waals surface area contributed by atoms with Gasteiger partial charge < -0.3 is 0 Å². The Labute approximate surface area is 106 Å². The van der Waals surface area contributed by atoms with E-state index < -0.39 is 0 Å². The molecule has 2 rings (SSSR count). The van der Waals surface area contributed by atoms with Crippen molar-refractivity contribution in [1.82, 2.24) is 4.98 Å². The van der Waals surface area contributed by atoms with Gasteiger partial charge in [-0.25, -0.2) is 0 Å². The second-order valence-corrected chi connectivity index (χ2v) is 6.57. The molecular formula is C16H25N. The molecule has 1 aromatic heterocycles. The van der Waals surface area contributed by atoms with E-state index in [1.807, 2.05) is 6.20 Å². The molecule has 94 valence electrons. The summed E-state index contributed by atoms with van der Waals surface area (Å²) >= 11 is 0. The molecule has 1 saturated carbocycles. The topological polar surface area (TPSA) is 12.9 Å². The van der Waals surface area contributed by atoms with Crippen molar-refractivity contribution in [2.24, 2.45) is 5.41 Å². The first-order valence-corrected chi connectivity index (χ1v) is 6.94. The third-order valence-electron chi connectivity index (χ3n) is 4.22. The summed E-state index contributed by atoms with van der Waals surface area (Å²) in [7, 11) is 0. The van der Waals surface area contributed by atoms with Gasteiger partial charge in [-0.05, 0) is 48.6 Å². The normalized spacial score (nSPS) is 20.8. The summed E-state index contributed by atoms with van der Waals surface area (Å²) in [6, 6.07) is 4.33. The first-order chi connectivity index (χ1) is 7.99. The quantitative estimate of drug-likeness (QED) is 0.706. The first-order valence-electron chi connectivity index (χ1n) is 6.94. The zero-order valence-electron chi connectivity index (χ0n) is 11.7. The van der Waals surface area contributed by atoms with Crippen molar-refractivity contribution >= 4 is 0 Å². The molecule has 17 heavy (non-hydrogen) atoms. The van der Waals surface area contributed by atoms with Gasteiger partial charge in [-0.3, -0.25) is 4.98 Å². The molecule has 1 aliphatic carbocycles. The summed E-state index contributed by atoms with van der Waals surface area (Å²) in [6.07, 6.45) is 7.26. The Kier molecular flexibility index (Phi) is 3.56. The molecule has 1 fully saturated rings. The smallest absolute Gasteiger partial charge is 0.0469 e. The van der Waals surface area contributed by atoms with E-state index in [9.17, 15) is 0 Å². The van der Waals surface area contributed by atoms with Gasteiger partial charge in [-0.1, -0.05) is 33.8 Å². The summed E-state index contributed by atoms with van der Waals surface area (Å²) in [5.74, 6) is 1.29. The highest BCUT2D eigenvalue weighted by molar-refractivity contribution is 5.26. The summed E-state index contributed by atoms with van der Waals surface area (Å²) < 4.78 is 0. The van der Waals surface area contributed by atoms with Crippen LogP contribution in [0.25, 0.3) is 0 Å². The third kappa shape index (κ3) is 2.88. The summed E-state index contributed by atoms with van der Waals surface area (Å²) in [6.45, 7) is 9.33. The summed E-state index contributed by atoms with van der Waals surface area (Å²) in [4.78, 5) is 4.67. The Morgan fingerprint density at radius 3 is 2.47 bits per heavy atom. The average Bonchev–Trinajstić information content (AvgIpc) is 2.29. The molecule has 0 N–H and O–H groups in total. The molecule has 0 radical (unpaired) electrons. The zero-order chi connectivity index (χ0) is 12.5. The van der Waals surface area contributed by atoms with Crippen LogP contribution in [0.15, 0.2) is 18.3 Å². The van der Waals surface area contributed by atoms with Crippen molar-refractivity contribution in [3.63, 3.8) is 0 Å². The molecule has 0 aliphatic heterocycles. The van der Waals surface area contributed by atoms with Crippen LogP contribution in [0, 0.1) is 5.41 Å². The van der Waals surface area contributed by atoms with Crippen LogP contribution in [0.1, 0.15) is 76.5 Å². The van der Waals surface area contributed by atoms with Gasteiger partial charge in [-0.15, -0.1) is 0 Å². The average molecular weight is 231 g/mol. The van der Waals surface area contributed by atoms with Gasteiger partial charge in [0.2, 0.25) is 0 Å². The lowest BCUT2D eigenvalue weighted by molar-refractivity contribution is 0.222. The van der Waals surface area contributed by atoms with Crippen LogP contribution < -0.4 is 0 Å². The Bertz CT molecular complexity index is 369. The van der Waals surface area contributed by atoms with E-state index in [1.54, 1.807) is 0 Å². The van der Waals surface area contributed by atoms with Crippen LogP contribution in [-0.2, 0) is 0 Å². The first kappa shape index (κ1) is 12.6. The number of rotatable bonds is 2. The fourth-order valence-electron chi connectivity index (χ4n) is 2.93. The highest BCUT2D eigenvalue weighted by atomic mass is 14.7. The highest BCUT2D eigenvalue weighted by Crippen LogP contribution is 2.43. The van der Waals surface area contributed by atoms with E-state index >= 15 is 0 Å². The minimum atomic E-state index is 0.545. The van der Waals surface area contributed by atoms with Crippen molar-refractivity contribution in [1.29, 1.82) is 0 Å². The van der Waals surface area contributed by atoms with Crippen LogP contribution in [-0.4, -0.2) is 4.98 Å².